The van der Waals surface area contributed by atoms with Crippen molar-refractivity contribution in [1.82, 2.24) is 25.2 Å². The fraction of sp³-hybridized carbons (Fsp3) is 0.368. The first-order valence-electron chi connectivity index (χ1n) is 8.80. The second kappa shape index (κ2) is 6.53. The van der Waals surface area contributed by atoms with Gasteiger partial charge in [-0.05, 0) is 26.8 Å². The second-order valence-corrected chi connectivity index (χ2v) is 7.29. The van der Waals surface area contributed by atoms with E-state index in [1.165, 1.54) is 6.20 Å². The van der Waals surface area contributed by atoms with Gasteiger partial charge in [0.1, 0.15) is 17.9 Å². The fourth-order valence-corrected chi connectivity index (χ4v) is 3.28. The lowest BCUT2D eigenvalue weighted by Crippen LogP contribution is -2.41. The van der Waals surface area contributed by atoms with Crippen molar-refractivity contribution in [2.75, 3.05) is 0 Å². The number of aromatic nitrogens is 4. The second-order valence-electron chi connectivity index (χ2n) is 7.29. The van der Waals surface area contributed by atoms with Gasteiger partial charge in [-0.1, -0.05) is 23.4 Å². The van der Waals surface area contributed by atoms with Crippen LogP contribution < -0.4 is 10.1 Å². The lowest BCUT2D eigenvalue weighted by atomic mass is 9.89. The zero-order chi connectivity index (χ0) is 19.0. The molecule has 8 heteroatoms. The van der Waals surface area contributed by atoms with E-state index in [-0.39, 0.29) is 17.6 Å². The van der Waals surface area contributed by atoms with E-state index in [4.69, 9.17) is 9.26 Å². The lowest BCUT2D eigenvalue weighted by molar-refractivity contribution is 0.0619. The van der Waals surface area contributed by atoms with Crippen molar-refractivity contribution in [3.8, 4) is 5.75 Å². The molecule has 0 saturated carbocycles. The first-order valence-corrected chi connectivity index (χ1v) is 8.80. The van der Waals surface area contributed by atoms with Crippen LogP contribution in [0.4, 0.5) is 0 Å². The summed E-state index contributed by atoms with van der Waals surface area (Å²) >= 11 is 0. The molecule has 0 aliphatic carbocycles. The molecule has 3 heterocycles. The number of benzene rings is 1. The van der Waals surface area contributed by atoms with Gasteiger partial charge in [-0.25, -0.2) is 0 Å². The Kier molecular flexibility index (Phi) is 4.18. The van der Waals surface area contributed by atoms with Gasteiger partial charge in [-0.2, -0.15) is 10.1 Å². The van der Waals surface area contributed by atoms with E-state index in [1.807, 2.05) is 38.1 Å². The molecule has 0 radical (unpaired) electrons. The lowest BCUT2D eigenvalue weighted by Gasteiger charge is -2.37. The zero-order valence-corrected chi connectivity index (χ0v) is 15.5. The van der Waals surface area contributed by atoms with E-state index in [2.05, 4.69) is 20.6 Å². The molecule has 0 saturated heterocycles. The van der Waals surface area contributed by atoms with Gasteiger partial charge in [-0.3, -0.25) is 9.48 Å². The number of nitrogens with zero attached hydrogens (tertiary/aromatic N) is 4. The number of hydrogen-bond donors (Lipinski definition) is 1. The zero-order valence-electron chi connectivity index (χ0n) is 15.5. The van der Waals surface area contributed by atoms with E-state index in [0.717, 1.165) is 11.3 Å². The molecule has 1 aliphatic heterocycles. The molecule has 0 spiro atoms. The molecule has 1 aliphatic rings. The number of para-hydroxylation sites is 1. The van der Waals surface area contributed by atoms with E-state index >= 15 is 0 Å². The quantitative estimate of drug-likeness (QED) is 0.762. The van der Waals surface area contributed by atoms with Crippen molar-refractivity contribution in [3.05, 3.63) is 59.5 Å². The topological polar surface area (TPSA) is 95.1 Å². The molecular weight excluding hydrogens is 346 g/mol. The minimum absolute atomic E-state index is 0.126. The molecule has 2 aromatic heterocycles. The Morgan fingerprint density at radius 2 is 2.19 bits per heavy atom. The third-order valence-electron chi connectivity index (χ3n) is 4.44. The van der Waals surface area contributed by atoms with Crippen molar-refractivity contribution in [1.29, 1.82) is 0 Å². The van der Waals surface area contributed by atoms with Gasteiger partial charge < -0.3 is 14.6 Å². The number of amides is 1. The summed E-state index contributed by atoms with van der Waals surface area (Å²) in [4.78, 5) is 16.9. The van der Waals surface area contributed by atoms with Crippen LogP contribution in [0.15, 0.2) is 41.2 Å². The molecule has 0 bridgehead atoms. The first kappa shape index (κ1) is 17.3. The molecule has 27 heavy (non-hydrogen) atoms. The maximum Gasteiger partial charge on any atom is 0.254 e. The van der Waals surface area contributed by atoms with Crippen LogP contribution in [-0.2, 0) is 6.54 Å². The third kappa shape index (κ3) is 3.69. The van der Waals surface area contributed by atoms with Crippen molar-refractivity contribution in [3.63, 3.8) is 0 Å². The molecule has 1 unspecified atom stereocenters. The average molecular weight is 367 g/mol. The molecule has 4 rings (SSSR count). The number of aryl methyl sites for hydroxylation is 1. The summed E-state index contributed by atoms with van der Waals surface area (Å²) in [5, 5.41) is 11.1. The average Bonchev–Trinajstić information content (AvgIpc) is 3.23. The SMILES string of the molecule is Cc1noc(Cn2cc(C(=O)NC3CC(C)(C)Oc4ccccc43)cn2)n1. The molecule has 140 valence electrons. The summed E-state index contributed by atoms with van der Waals surface area (Å²) in [6.45, 7) is 6.11. The Morgan fingerprint density at radius 1 is 1.37 bits per heavy atom. The predicted octanol–water partition coefficient (Wildman–Crippen LogP) is 2.66. The molecule has 1 aromatic carbocycles. The Labute approximate surface area is 156 Å². The van der Waals surface area contributed by atoms with Crippen molar-refractivity contribution in [2.45, 2.75) is 45.4 Å². The Bertz CT molecular complexity index is 975. The monoisotopic (exact) mass is 367 g/mol. The van der Waals surface area contributed by atoms with Gasteiger partial charge >= 0.3 is 0 Å². The largest absolute Gasteiger partial charge is 0.487 e. The van der Waals surface area contributed by atoms with E-state index in [9.17, 15) is 4.79 Å². The summed E-state index contributed by atoms with van der Waals surface area (Å²) in [5.74, 6) is 1.64. The Hall–Kier alpha value is -3.16. The number of fused-ring (bicyclic) bond motifs is 1. The van der Waals surface area contributed by atoms with Crippen LogP contribution in [0.1, 0.15) is 53.9 Å². The molecule has 0 fully saturated rings. The van der Waals surface area contributed by atoms with Crippen molar-refractivity contribution < 1.29 is 14.1 Å². The molecular formula is C19H21N5O3. The molecule has 1 atom stereocenters. The highest BCUT2D eigenvalue weighted by molar-refractivity contribution is 5.94. The van der Waals surface area contributed by atoms with Crippen LogP contribution in [0.2, 0.25) is 0 Å². The van der Waals surface area contributed by atoms with Crippen LogP contribution in [0.3, 0.4) is 0 Å². The summed E-state index contributed by atoms with van der Waals surface area (Å²) in [6, 6.07) is 7.67. The molecule has 1 N–H and O–H groups in total. The van der Waals surface area contributed by atoms with Crippen LogP contribution in [-0.4, -0.2) is 31.4 Å². The maximum absolute atomic E-state index is 12.7. The Balaban J connectivity index is 1.49. The Morgan fingerprint density at radius 3 is 2.96 bits per heavy atom. The van der Waals surface area contributed by atoms with Crippen molar-refractivity contribution in [2.24, 2.45) is 0 Å². The molecule has 8 nitrogen and oxygen atoms in total. The highest BCUT2D eigenvalue weighted by Crippen LogP contribution is 2.39. The minimum atomic E-state index is -0.355. The number of ether oxygens (including phenoxy) is 1. The summed E-state index contributed by atoms with van der Waals surface area (Å²) < 4.78 is 12.7. The fourth-order valence-electron chi connectivity index (χ4n) is 3.28. The minimum Gasteiger partial charge on any atom is -0.487 e. The van der Waals surface area contributed by atoms with Crippen molar-refractivity contribution >= 4 is 5.91 Å². The van der Waals surface area contributed by atoms with Gasteiger partial charge in [0.25, 0.3) is 5.91 Å². The number of nitrogens with one attached hydrogen (secondary N) is 1. The number of hydrogen-bond acceptors (Lipinski definition) is 6. The highest BCUT2D eigenvalue weighted by atomic mass is 16.5. The summed E-state index contributed by atoms with van der Waals surface area (Å²) in [5.41, 5.74) is 1.11. The van der Waals surface area contributed by atoms with Crippen LogP contribution in [0.25, 0.3) is 0 Å². The molecule has 3 aromatic rings. The predicted molar refractivity (Wildman–Crippen MR) is 96.3 cm³/mol. The van der Waals surface area contributed by atoms with E-state index < -0.39 is 0 Å². The highest BCUT2D eigenvalue weighted by Gasteiger charge is 2.34. The summed E-state index contributed by atoms with van der Waals surface area (Å²) in [6.07, 6.45) is 3.89. The van der Waals surface area contributed by atoms with Gasteiger partial charge in [0.05, 0.1) is 17.8 Å². The van der Waals surface area contributed by atoms with E-state index in [0.29, 0.717) is 30.2 Å². The number of carbonyl (C=O) groups excluding carboxylic acids is 1. The first-order chi connectivity index (χ1) is 12.9. The van der Waals surface area contributed by atoms with Gasteiger partial charge in [0.2, 0.25) is 5.89 Å². The summed E-state index contributed by atoms with van der Waals surface area (Å²) in [7, 11) is 0. The van der Waals surface area contributed by atoms with Gasteiger partial charge in [-0.15, -0.1) is 0 Å². The maximum atomic E-state index is 12.7. The smallest absolute Gasteiger partial charge is 0.254 e. The third-order valence-corrected chi connectivity index (χ3v) is 4.44. The normalized spacial score (nSPS) is 17.8. The van der Waals surface area contributed by atoms with E-state index in [1.54, 1.807) is 17.8 Å². The van der Waals surface area contributed by atoms with Gasteiger partial charge in [0.15, 0.2) is 5.82 Å². The van der Waals surface area contributed by atoms with Gasteiger partial charge in [0, 0.05) is 18.2 Å². The van der Waals surface area contributed by atoms with Crippen LogP contribution in [0, 0.1) is 6.92 Å². The van der Waals surface area contributed by atoms with Crippen LogP contribution >= 0.6 is 0 Å². The number of carbonyl (C=O) groups is 1. The standard InChI is InChI=1S/C19H21N5O3/c1-12-21-17(27-23-12)11-24-10-13(9-20-24)18(25)22-15-8-19(2,3)26-16-7-5-4-6-14(15)16/h4-7,9-10,15H,8,11H2,1-3H3,(H,22,25). The van der Waals surface area contributed by atoms with Crippen LogP contribution in [0.5, 0.6) is 5.75 Å². The number of rotatable bonds is 4. The molecule has 1 amide bonds.